The number of hydrogen-bond donors (Lipinski definition) is 1. The van der Waals surface area contributed by atoms with E-state index >= 15 is 0 Å². The quantitative estimate of drug-likeness (QED) is 0.359. The van der Waals surface area contributed by atoms with Gasteiger partial charge in [0.25, 0.3) is 0 Å². The predicted molar refractivity (Wildman–Crippen MR) is 171 cm³/mol. The van der Waals surface area contributed by atoms with Gasteiger partial charge in [0.15, 0.2) is 0 Å². The molecule has 0 saturated heterocycles. The van der Waals surface area contributed by atoms with Gasteiger partial charge in [-0.25, -0.2) is 0 Å². The van der Waals surface area contributed by atoms with Gasteiger partial charge in [-0.1, -0.05) is 107 Å². The Morgan fingerprint density at radius 1 is 0.811 bits per heavy atom. The summed E-state index contributed by atoms with van der Waals surface area (Å²) in [6, 6.07) is 0.471. The Hall–Kier alpha value is -0.300. The second-order valence-corrected chi connectivity index (χ2v) is 12.8. The number of fused-ring (bicyclic) bond motifs is 5. The van der Waals surface area contributed by atoms with Crippen LogP contribution in [0.3, 0.4) is 0 Å². The van der Waals surface area contributed by atoms with Crippen molar-refractivity contribution in [3.8, 4) is 0 Å². The van der Waals surface area contributed by atoms with Gasteiger partial charge < -0.3 is 5.73 Å². The third-order valence-corrected chi connectivity index (χ3v) is 11.0. The highest BCUT2D eigenvalue weighted by Crippen LogP contribution is 2.68. The van der Waals surface area contributed by atoms with Crippen LogP contribution in [-0.4, -0.2) is 6.04 Å². The summed E-state index contributed by atoms with van der Waals surface area (Å²) in [4.78, 5) is 0. The third kappa shape index (κ3) is 8.59. The van der Waals surface area contributed by atoms with E-state index in [9.17, 15) is 0 Å². The van der Waals surface area contributed by atoms with Gasteiger partial charge in [-0.15, -0.1) is 6.58 Å². The van der Waals surface area contributed by atoms with E-state index in [4.69, 9.17) is 5.73 Å². The minimum absolute atomic E-state index is 0.471. The van der Waals surface area contributed by atoms with Crippen molar-refractivity contribution < 1.29 is 0 Å². The molecule has 0 aromatic rings. The predicted octanol–water partition coefficient (Wildman–Crippen LogP) is 11.8. The van der Waals surface area contributed by atoms with Gasteiger partial charge in [-0.3, -0.25) is 0 Å². The summed E-state index contributed by atoms with van der Waals surface area (Å²) in [5.74, 6) is 5.41. The zero-order chi connectivity index (χ0) is 28.8. The van der Waals surface area contributed by atoms with Gasteiger partial charge in [0.05, 0.1) is 0 Å². The van der Waals surface area contributed by atoms with E-state index in [0.717, 1.165) is 35.5 Å². The molecule has 1 nitrogen and oxygen atoms in total. The molecule has 4 rings (SSSR count). The average molecular weight is 520 g/mol. The summed E-state index contributed by atoms with van der Waals surface area (Å²) in [6.45, 7) is 30.6. The van der Waals surface area contributed by atoms with Crippen LogP contribution in [0.25, 0.3) is 0 Å². The van der Waals surface area contributed by atoms with Gasteiger partial charge in [0.2, 0.25) is 0 Å². The zero-order valence-electron chi connectivity index (χ0n) is 28.0. The van der Waals surface area contributed by atoms with Gasteiger partial charge in [-0.05, 0) is 111 Å². The highest BCUT2D eigenvalue weighted by molar-refractivity contribution is 5.11. The van der Waals surface area contributed by atoms with E-state index in [0.29, 0.717) is 16.9 Å². The van der Waals surface area contributed by atoms with Gasteiger partial charge in [0, 0.05) is 6.04 Å². The lowest BCUT2D eigenvalue weighted by molar-refractivity contribution is -0.121. The molecule has 9 unspecified atom stereocenters. The molecule has 0 amide bonds. The first-order valence-electron chi connectivity index (χ1n) is 17.1. The molecule has 1 heteroatoms. The third-order valence-electron chi connectivity index (χ3n) is 11.0. The van der Waals surface area contributed by atoms with Crippen LogP contribution >= 0.6 is 0 Å². The molecule has 0 spiro atoms. The minimum Gasteiger partial charge on any atom is -0.327 e. The van der Waals surface area contributed by atoms with Gasteiger partial charge in [0.1, 0.15) is 0 Å². The maximum absolute atomic E-state index is 6.87. The molecule has 2 N–H and O–H groups in total. The molecule has 222 valence electrons. The Bertz CT molecular complexity index is 593. The average Bonchev–Trinajstić information content (AvgIpc) is 3.28. The van der Waals surface area contributed by atoms with Crippen molar-refractivity contribution in [3.63, 3.8) is 0 Å². The molecule has 37 heavy (non-hydrogen) atoms. The maximum atomic E-state index is 6.87. The van der Waals surface area contributed by atoms with Crippen molar-refractivity contribution in [3.05, 3.63) is 12.2 Å². The molecule has 0 aliphatic heterocycles. The van der Waals surface area contributed by atoms with Gasteiger partial charge in [-0.2, -0.15) is 0 Å². The number of unbranched alkanes of at least 4 members (excludes halogenated alkanes) is 1. The molecular weight excluding hydrogens is 446 g/mol. The fourth-order valence-electron chi connectivity index (χ4n) is 9.11. The molecule has 0 bridgehead atoms. The molecule has 0 aromatic carbocycles. The topological polar surface area (TPSA) is 26.0 Å². The first kappa shape index (κ1) is 36.7. The van der Waals surface area contributed by atoms with Crippen molar-refractivity contribution in [2.75, 3.05) is 0 Å². The van der Waals surface area contributed by atoms with Gasteiger partial charge >= 0.3 is 0 Å². The minimum atomic E-state index is 0.471. The zero-order valence-corrected chi connectivity index (χ0v) is 28.0. The van der Waals surface area contributed by atoms with E-state index in [2.05, 4.69) is 48.1 Å². The lowest BCUT2D eigenvalue weighted by Gasteiger charge is -2.62. The van der Waals surface area contributed by atoms with Crippen molar-refractivity contribution in [2.45, 2.75) is 173 Å². The highest BCUT2D eigenvalue weighted by Gasteiger charge is 2.61. The summed E-state index contributed by atoms with van der Waals surface area (Å²) in [5, 5.41) is 0. The first-order valence-corrected chi connectivity index (χ1v) is 17.1. The molecule has 4 aliphatic carbocycles. The number of nitrogens with two attached hydrogens (primary N) is 1. The van der Waals surface area contributed by atoms with E-state index in [1.807, 2.05) is 41.5 Å². The molecule has 0 radical (unpaired) electrons. The summed E-state index contributed by atoms with van der Waals surface area (Å²) >= 11 is 0. The number of allylic oxidation sites excluding steroid dienone is 1. The van der Waals surface area contributed by atoms with Crippen molar-refractivity contribution in [2.24, 2.45) is 52.1 Å². The SMILES string of the molecule is C=C(C)CCC(C)C1CCC2C3CC(N)C4CCCCC4(C)C3CCC12C.CC.CC.CC.CCCC. The Kier molecular flexibility index (Phi) is 18.0. The monoisotopic (exact) mass is 520 g/mol. The molecule has 0 aromatic heterocycles. The van der Waals surface area contributed by atoms with E-state index in [-0.39, 0.29) is 0 Å². The van der Waals surface area contributed by atoms with Crippen LogP contribution in [0.2, 0.25) is 0 Å². The lowest BCUT2D eigenvalue weighted by Crippen LogP contribution is -2.59. The van der Waals surface area contributed by atoms with E-state index in [1.54, 1.807) is 0 Å². The Morgan fingerprint density at radius 2 is 1.38 bits per heavy atom. The Balaban J connectivity index is 0.00000114. The largest absolute Gasteiger partial charge is 0.327 e. The van der Waals surface area contributed by atoms with Crippen molar-refractivity contribution >= 4 is 0 Å². The van der Waals surface area contributed by atoms with Crippen LogP contribution < -0.4 is 5.73 Å². The van der Waals surface area contributed by atoms with Crippen LogP contribution in [-0.2, 0) is 0 Å². The number of hydrogen-bond acceptors (Lipinski definition) is 1. The Labute approximate surface area is 236 Å². The second-order valence-electron chi connectivity index (χ2n) is 12.8. The van der Waals surface area contributed by atoms with Crippen LogP contribution in [0.15, 0.2) is 12.2 Å². The van der Waals surface area contributed by atoms with Crippen molar-refractivity contribution in [1.29, 1.82) is 0 Å². The molecule has 4 fully saturated rings. The summed E-state index contributed by atoms with van der Waals surface area (Å²) in [7, 11) is 0. The van der Waals surface area contributed by atoms with Crippen LogP contribution in [0.1, 0.15) is 167 Å². The molecule has 9 atom stereocenters. The van der Waals surface area contributed by atoms with Crippen LogP contribution in [0, 0.1) is 46.3 Å². The Morgan fingerprint density at radius 3 is 1.92 bits per heavy atom. The van der Waals surface area contributed by atoms with E-state index in [1.165, 1.54) is 89.0 Å². The fraction of sp³-hybridized carbons (Fsp3) is 0.944. The first-order chi connectivity index (χ1) is 17.7. The summed E-state index contributed by atoms with van der Waals surface area (Å²) in [5.41, 5.74) is 9.36. The second kappa shape index (κ2) is 18.1. The highest BCUT2D eigenvalue weighted by atomic mass is 14.8. The van der Waals surface area contributed by atoms with Crippen molar-refractivity contribution in [1.82, 2.24) is 0 Å². The van der Waals surface area contributed by atoms with E-state index < -0.39 is 0 Å². The molecule has 0 heterocycles. The lowest BCUT2D eigenvalue weighted by atomic mass is 9.43. The standard InChI is InChI=1S/C26H45N.C4H10.3C2H6/c1-17(2)9-10-18(3)20-11-12-21-19-16-24(27)23-8-6-7-14-25(23,4)22(19)13-15-26(20,21)5;1-3-4-2;3*1-2/h18-24H,1,6-16,27H2,2-5H3;3-4H2,1-2H3;3*1-2H3. The van der Waals surface area contributed by atoms with Crippen LogP contribution in [0.5, 0.6) is 0 Å². The maximum Gasteiger partial charge on any atom is 0.00753 e. The normalized spacial score (nSPS) is 38.1. The van der Waals surface area contributed by atoms with Crippen LogP contribution in [0.4, 0.5) is 0 Å². The smallest absolute Gasteiger partial charge is 0.00753 e. The summed E-state index contributed by atoms with van der Waals surface area (Å²) < 4.78 is 0. The number of rotatable bonds is 5. The molecule has 4 saturated carbocycles. The molecular formula is C36H73N. The molecule has 4 aliphatic rings. The fourth-order valence-corrected chi connectivity index (χ4v) is 9.11. The summed E-state index contributed by atoms with van der Waals surface area (Å²) in [6.07, 6.45) is 18.2.